The zero-order valence-corrected chi connectivity index (χ0v) is 10.1. The van der Waals surface area contributed by atoms with Crippen molar-refractivity contribution in [3.05, 3.63) is 35.4 Å². The number of likely N-dealkylation sites (tertiary alicyclic amines) is 1. The molecule has 1 saturated heterocycles. The molecule has 2 rings (SSSR count). The number of hydrogen-bond donors (Lipinski definition) is 0. The van der Waals surface area contributed by atoms with Crippen LogP contribution in [-0.2, 0) is 4.79 Å². The van der Waals surface area contributed by atoms with Gasteiger partial charge in [0, 0.05) is 19.5 Å². The number of hydrogen-bond acceptors (Lipinski definition) is 1. The summed E-state index contributed by atoms with van der Waals surface area (Å²) in [5.74, 6) is 0.735. The average molecular weight is 217 g/mol. The van der Waals surface area contributed by atoms with Crippen LogP contribution in [0.25, 0.3) is 0 Å². The molecule has 0 radical (unpaired) electrons. The number of benzene rings is 1. The summed E-state index contributed by atoms with van der Waals surface area (Å²) in [5, 5.41) is 0. The molecule has 0 aromatic heterocycles. The molecule has 0 bridgehead atoms. The fourth-order valence-electron chi connectivity index (χ4n) is 2.52. The van der Waals surface area contributed by atoms with Crippen LogP contribution in [0.2, 0.25) is 0 Å². The molecule has 0 spiro atoms. The van der Waals surface area contributed by atoms with Gasteiger partial charge in [-0.2, -0.15) is 0 Å². The van der Waals surface area contributed by atoms with Crippen LogP contribution >= 0.6 is 0 Å². The largest absolute Gasteiger partial charge is 0.343 e. The Hall–Kier alpha value is -1.31. The summed E-state index contributed by atoms with van der Waals surface area (Å²) in [5.41, 5.74) is 2.66. The minimum absolute atomic E-state index is 0.307. The Morgan fingerprint density at radius 3 is 2.75 bits per heavy atom. The second-order valence-corrected chi connectivity index (χ2v) is 4.52. The lowest BCUT2D eigenvalue weighted by Gasteiger charge is -2.31. The van der Waals surface area contributed by atoms with Gasteiger partial charge in [-0.1, -0.05) is 24.3 Å². The third-order valence-electron chi connectivity index (χ3n) is 3.53. The predicted octanol–water partition coefficient (Wildman–Crippen LogP) is 2.72. The minimum atomic E-state index is 0.307. The van der Waals surface area contributed by atoms with E-state index in [1.165, 1.54) is 11.1 Å². The molecule has 0 N–H and O–H groups in total. The number of aryl methyl sites for hydroxylation is 1. The quantitative estimate of drug-likeness (QED) is 0.746. The molecular formula is C14H19NO. The number of rotatable bonds is 2. The molecule has 1 amide bonds. The molecule has 1 aliphatic heterocycles. The van der Waals surface area contributed by atoms with Crippen LogP contribution in [0.4, 0.5) is 0 Å². The molecule has 16 heavy (non-hydrogen) atoms. The van der Waals surface area contributed by atoms with Crippen LogP contribution in [0.5, 0.6) is 0 Å². The van der Waals surface area contributed by atoms with Gasteiger partial charge < -0.3 is 4.90 Å². The highest BCUT2D eigenvalue weighted by Gasteiger charge is 2.26. The summed E-state index contributed by atoms with van der Waals surface area (Å²) in [6.45, 7) is 5.94. The van der Waals surface area contributed by atoms with E-state index >= 15 is 0 Å². The SMILES string of the molecule is CCN1CCC(c2ccccc2C)CC1=O. The Balaban J connectivity index is 2.14. The highest BCUT2D eigenvalue weighted by atomic mass is 16.2. The summed E-state index contributed by atoms with van der Waals surface area (Å²) in [6.07, 6.45) is 1.78. The summed E-state index contributed by atoms with van der Waals surface area (Å²) < 4.78 is 0. The topological polar surface area (TPSA) is 20.3 Å². The smallest absolute Gasteiger partial charge is 0.223 e. The van der Waals surface area contributed by atoms with Gasteiger partial charge in [0.1, 0.15) is 0 Å². The van der Waals surface area contributed by atoms with Crippen LogP contribution in [0.1, 0.15) is 36.8 Å². The van der Waals surface area contributed by atoms with E-state index in [4.69, 9.17) is 0 Å². The first-order chi connectivity index (χ1) is 7.72. The van der Waals surface area contributed by atoms with Crippen molar-refractivity contribution < 1.29 is 4.79 Å². The van der Waals surface area contributed by atoms with Gasteiger partial charge in [-0.25, -0.2) is 0 Å². The van der Waals surface area contributed by atoms with Crippen molar-refractivity contribution in [3.63, 3.8) is 0 Å². The lowest BCUT2D eigenvalue weighted by molar-refractivity contribution is -0.133. The average Bonchev–Trinajstić information content (AvgIpc) is 2.29. The van der Waals surface area contributed by atoms with Crippen molar-refractivity contribution in [2.45, 2.75) is 32.6 Å². The summed E-state index contributed by atoms with van der Waals surface area (Å²) in [4.78, 5) is 13.8. The van der Waals surface area contributed by atoms with E-state index in [-0.39, 0.29) is 0 Å². The number of piperidine rings is 1. The van der Waals surface area contributed by atoms with Crippen LogP contribution in [-0.4, -0.2) is 23.9 Å². The maximum atomic E-state index is 11.8. The van der Waals surface area contributed by atoms with Crippen molar-refractivity contribution in [2.75, 3.05) is 13.1 Å². The van der Waals surface area contributed by atoms with Gasteiger partial charge in [-0.15, -0.1) is 0 Å². The Kier molecular flexibility index (Phi) is 3.28. The molecule has 0 saturated carbocycles. The molecule has 2 heteroatoms. The van der Waals surface area contributed by atoms with Gasteiger partial charge in [0.25, 0.3) is 0 Å². The molecule has 2 nitrogen and oxygen atoms in total. The van der Waals surface area contributed by atoms with Crippen molar-refractivity contribution in [1.29, 1.82) is 0 Å². The molecular weight excluding hydrogens is 198 g/mol. The second kappa shape index (κ2) is 4.69. The molecule has 1 aliphatic rings. The van der Waals surface area contributed by atoms with Crippen molar-refractivity contribution in [1.82, 2.24) is 4.90 Å². The standard InChI is InChI=1S/C14H19NO/c1-3-15-9-8-12(10-14(15)16)13-7-5-4-6-11(13)2/h4-7,12H,3,8-10H2,1-2H3. The maximum absolute atomic E-state index is 11.8. The zero-order valence-electron chi connectivity index (χ0n) is 10.1. The van der Waals surface area contributed by atoms with Crippen molar-refractivity contribution in [2.24, 2.45) is 0 Å². The molecule has 1 aromatic carbocycles. The highest BCUT2D eigenvalue weighted by molar-refractivity contribution is 5.78. The molecule has 1 atom stereocenters. The number of carbonyl (C=O) groups excluding carboxylic acids is 1. The Labute approximate surface area is 97.3 Å². The third kappa shape index (κ3) is 2.11. The van der Waals surface area contributed by atoms with Crippen LogP contribution < -0.4 is 0 Å². The van der Waals surface area contributed by atoms with Crippen LogP contribution in [0, 0.1) is 6.92 Å². The summed E-state index contributed by atoms with van der Waals surface area (Å²) in [6, 6.07) is 8.42. The lowest BCUT2D eigenvalue weighted by Crippen LogP contribution is -2.37. The normalized spacial score (nSPS) is 21.2. The van der Waals surface area contributed by atoms with Crippen molar-refractivity contribution >= 4 is 5.91 Å². The van der Waals surface area contributed by atoms with Gasteiger partial charge >= 0.3 is 0 Å². The van der Waals surface area contributed by atoms with Gasteiger partial charge in [0.15, 0.2) is 0 Å². The van der Waals surface area contributed by atoms with E-state index < -0.39 is 0 Å². The molecule has 1 heterocycles. The monoisotopic (exact) mass is 217 g/mol. The Morgan fingerprint density at radius 2 is 2.12 bits per heavy atom. The first-order valence-electron chi connectivity index (χ1n) is 6.05. The number of nitrogens with zero attached hydrogens (tertiary/aromatic N) is 1. The number of carbonyl (C=O) groups is 1. The molecule has 1 fully saturated rings. The molecule has 0 aliphatic carbocycles. The fraction of sp³-hybridized carbons (Fsp3) is 0.500. The maximum Gasteiger partial charge on any atom is 0.223 e. The first-order valence-corrected chi connectivity index (χ1v) is 6.05. The second-order valence-electron chi connectivity index (χ2n) is 4.52. The van der Waals surface area contributed by atoms with Crippen LogP contribution in [0.3, 0.4) is 0 Å². The van der Waals surface area contributed by atoms with Crippen molar-refractivity contribution in [3.8, 4) is 0 Å². The Morgan fingerprint density at radius 1 is 1.38 bits per heavy atom. The molecule has 1 aromatic rings. The highest BCUT2D eigenvalue weighted by Crippen LogP contribution is 2.30. The minimum Gasteiger partial charge on any atom is -0.343 e. The number of amides is 1. The zero-order chi connectivity index (χ0) is 11.5. The third-order valence-corrected chi connectivity index (χ3v) is 3.53. The molecule has 86 valence electrons. The predicted molar refractivity (Wildman–Crippen MR) is 65.4 cm³/mol. The van der Waals surface area contributed by atoms with E-state index in [1.54, 1.807) is 0 Å². The van der Waals surface area contributed by atoms with Gasteiger partial charge in [-0.05, 0) is 37.3 Å². The Bertz CT molecular complexity index is 386. The van der Waals surface area contributed by atoms with Crippen LogP contribution in [0.15, 0.2) is 24.3 Å². The fourth-order valence-corrected chi connectivity index (χ4v) is 2.52. The summed E-state index contributed by atoms with van der Waals surface area (Å²) >= 11 is 0. The lowest BCUT2D eigenvalue weighted by atomic mass is 9.86. The van der Waals surface area contributed by atoms with Gasteiger partial charge in [0.05, 0.1) is 0 Å². The van der Waals surface area contributed by atoms with E-state index in [2.05, 4.69) is 31.2 Å². The summed E-state index contributed by atoms with van der Waals surface area (Å²) in [7, 11) is 0. The van der Waals surface area contributed by atoms with Gasteiger partial charge in [0.2, 0.25) is 5.91 Å². The van der Waals surface area contributed by atoms with E-state index in [9.17, 15) is 4.79 Å². The van der Waals surface area contributed by atoms with E-state index in [0.717, 1.165) is 19.5 Å². The van der Waals surface area contributed by atoms with E-state index in [0.29, 0.717) is 18.2 Å². The molecule has 1 unspecified atom stereocenters. The van der Waals surface area contributed by atoms with E-state index in [1.807, 2.05) is 11.8 Å². The van der Waals surface area contributed by atoms with Gasteiger partial charge in [-0.3, -0.25) is 4.79 Å². The first kappa shape index (κ1) is 11.2.